The number of ether oxygens (including phenoxy) is 1. The Kier molecular flexibility index (Phi) is 10.2. The summed E-state index contributed by atoms with van der Waals surface area (Å²) in [5, 5.41) is 4.66. The van der Waals surface area contributed by atoms with Gasteiger partial charge < -0.3 is 15.0 Å². The zero-order chi connectivity index (χ0) is 19.8. The Morgan fingerprint density at radius 2 is 1.90 bits per heavy atom. The van der Waals surface area contributed by atoms with Crippen LogP contribution < -0.4 is 10.1 Å². The van der Waals surface area contributed by atoms with Crippen LogP contribution in [0.15, 0.2) is 35.3 Å². The summed E-state index contributed by atoms with van der Waals surface area (Å²) in [7, 11) is 1.87. The predicted octanol–water partition coefficient (Wildman–Crippen LogP) is 3.19. The summed E-state index contributed by atoms with van der Waals surface area (Å²) < 4.78 is 5.82. The molecule has 3 rings (SSSR count). The molecule has 1 fully saturated rings. The topological polar surface area (TPSA) is 53.0 Å². The van der Waals surface area contributed by atoms with Crippen molar-refractivity contribution in [2.24, 2.45) is 4.99 Å². The molecule has 1 saturated heterocycles. The second-order valence-corrected chi connectivity index (χ2v) is 8.24. The van der Waals surface area contributed by atoms with Crippen LogP contribution in [0.2, 0.25) is 0 Å². The molecule has 160 valence electrons. The van der Waals surface area contributed by atoms with E-state index >= 15 is 0 Å². The molecular formula is C21H32IN5OS. The standard InChI is InChI=1S/C21H31N5OS.HI/c1-17-20(28-18(2)24-17)9-10-23-21(22-3)26-13-11-25(12-14-26)15-16-27-19-7-5-4-6-8-19;/h4-8H,9-16H2,1-3H3,(H,22,23);1H. The molecule has 1 N–H and O–H groups in total. The molecule has 2 aromatic rings. The minimum atomic E-state index is 0. The van der Waals surface area contributed by atoms with Crippen molar-refractivity contribution in [3.63, 3.8) is 0 Å². The maximum Gasteiger partial charge on any atom is 0.193 e. The van der Waals surface area contributed by atoms with Crippen LogP contribution in [0.3, 0.4) is 0 Å². The van der Waals surface area contributed by atoms with Crippen LogP contribution in [0.5, 0.6) is 5.75 Å². The van der Waals surface area contributed by atoms with E-state index in [-0.39, 0.29) is 24.0 Å². The summed E-state index contributed by atoms with van der Waals surface area (Å²) in [6.07, 6.45) is 0.993. The third-order valence-electron chi connectivity index (χ3n) is 4.94. The lowest BCUT2D eigenvalue weighted by Crippen LogP contribution is -2.53. The molecule has 0 bridgehead atoms. The lowest BCUT2D eigenvalue weighted by molar-refractivity contribution is 0.152. The number of nitrogens with one attached hydrogen (secondary N) is 1. The maximum absolute atomic E-state index is 5.82. The number of benzene rings is 1. The van der Waals surface area contributed by atoms with Crippen LogP contribution in [0, 0.1) is 13.8 Å². The van der Waals surface area contributed by atoms with E-state index < -0.39 is 0 Å². The largest absolute Gasteiger partial charge is 0.492 e. The molecule has 0 aliphatic carbocycles. The normalized spacial score (nSPS) is 15.1. The summed E-state index contributed by atoms with van der Waals surface area (Å²) in [5.41, 5.74) is 1.16. The van der Waals surface area contributed by atoms with Gasteiger partial charge in [0.25, 0.3) is 0 Å². The van der Waals surface area contributed by atoms with E-state index in [0.717, 1.165) is 74.7 Å². The number of aromatic nitrogens is 1. The summed E-state index contributed by atoms with van der Waals surface area (Å²) in [5.74, 6) is 1.94. The molecule has 0 saturated carbocycles. The molecule has 1 aromatic carbocycles. The van der Waals surface area contributed by atoms with Crippen molar-refractivity contribution in [2.75, 3.05) is 52.9 Å². The van der Waals surface area contributed by atoms with E-state index in [4.69, 9.17) is 4.74 Å². The number of rotatable bonds is 7. The number of hydrogen-bond donors (Lipinski definition) is 1. The third-order valence-corrected chi connectivity index (χ3v) is 6.07. The van der Waals surface area contributed by atoms with E-state index in [0.29, 0.717) is 0 Å². The lowest BCUT2D eigenvalue weighted by Gasteiger charge is -2.36. The number of para-hydroxylation sites is 1. The monoisotopic (exact) mass is 529 g/mol. The Hall–Kier alpha value is -1.39. The molecule has 0 amide bonds. The molecule has 0 unspecified atom stereocenters. The van der Waals surface area contributed by atoms with Gasteiger partial charge in [-0.3, -0.25) is 9.89 Å². The first-order valence-corrected chi connectivity index (χ1v) is 10.8. The molecule has 8 heteroatoms. The first-order chi connectivity index (χ1) is 13.7. The number of thiazole rings is 1. The van der Waals surface area contributed by atoms with E-state index in [1.54, 1.807) is 11.3 Å². The molecule has 1 aliphatic heterocycles. The van der Waals surface area contributed by atoms with Crippen molar-refractivity contribution in [1.29, 1.82) is 0 Å². The molecular weight excluding hydrogens is 497 g/mol. The van der Waals surface area contributed by atoms with Gasteiger partial charge in [-0.05, 0) is 26.0 Å². The van der Waals surface area contributed by atoms with Gasteiger partial charge in [0.1, 0.15) is 12.4 Å². The summed E-state index contributed by atoms with van der Waals surface area (Å²) >= 11 is 1.79. The van der Waals surface area contributed by atoms with Crippen LogP contribution in [0.25, 0.3) is 0 Å². The zero-order valence-electron chi connectivity index (χ0n) is 17.6. The van der Waals surface area contributed by atoms with Crippen molar-refractivity contribution in [3.8, 4) is 5.75 Å². The van der Waals surface area contributed by atoms with Gasteiger partial charge in [0.15, 0.2) is 5.96 Å². The first-order valence-electron chi connectivity index (χ1n) is 9.94. The fraction of sp³-hybridized carbons (Fsp3) is 0.524. The molecule has 1 aliphatic rings. The number of aryl methyl sites for hydroxylation is 2. The van der Waals surface area contributed by atoms with E-state index in [9.17, 15) is 0 Å². The van der Waals surface area contributed by atoms with Crippen LogP contribution in [0.1, 0.15) is 15.6 Å². The van der Waals surface area contributed by atoms with Crippen molar-refractivity contribution in [3.05, 3.63) is 45.9 Å². The highest BCUT2D eigenvalue weighted by Crippen LogP contribution is 2.17. The third kappa shape index (κ3) is 7.42. The van der Waals surface area contributed by atoms with Crippen molar-refractivity contribution < 1.29 is 4.74 Å². The maximum atomic E-state index is 5.82. The quantitative estimate of drug-likeness (QED) is 0.339. The number of piperazine rings is 1. The van der Waals surface area contributed by atoms with Crippen LogP contribution in [0.4, 0.5) is 0 Å². The number of aliphatic imine (C=N–C) groups is 1. The van der Waals surface area contributed by atoms with Gasteiger partial charge in [-0.1, -0.05) is 18.2 Å². The van der Waals surface area contributed by atoms with Crippen LogP contribution >= 0.6 is 35.3 Å². The summed E-state index contributed by atoms with van der Waals surface area (Å²) in [4.78, 5) is 15.1. The van der Waals surface area contributed by atoms with E-state index in [2.05, 4.69) is 38.9 Å². The van der Waals surface area contributed by atoms with Gasteiger partial charge in [-0.2, -0.15) is 0 Å². The highest BCUT2D eigenvalue weighted by molar-refractivity contribution is 14.0. The van der Waals surface area contributed by atoms with Crippen LogP contribution in [-0.4, -0.2) is 73.7 Å². The lowest BCUT2D eigenvalue weighted by atomic mass is 10.3. The average molecular weight is 529 g/mol. The average Bonchev–Trinajstić information content (AvgIpc) is 3.04. The molecule has 0 spiro atoms. The molecule has 2 heterocycles. The SMILES string of the molecule is CN=C(NCCc1sc(C)nc1C)N1CCN(CCOc2ccccc2)CC1.I. The Bertz CT molecular complexity index is 760. The number of guanidine groups is 1. The second-order valence-electron chi connectivity index (χ2n) is 6.96. The van der Waals surface area contributed by atoms with E-state index in [1.165, 1.54) is 4.88 Å². The van der Waals surface area contributed by atoms with Gasteiger partial charge >= 0.3 is 0 Å². The highest BCUT2D eigenvalue weighted by Gasteiger charge is 2.19. The smallest absolute Gasteiger partial charge is 0.193 e. The molecule has 0 radical (unpaired) electrons. The van der Waals surface area contributed by atoms with Gasteiger partial charge in [0, 0.05) is 57.6 Å². The van der Waals surface area contributed by atoms with Crippen molar-refractivity contribution in [1.82, 2.24) is 20.1 Å². The highest BCUT2D eigenvalue weighted by atomic mass is 127. The Labute approximate surface area is 195 Å². The summed E-state index contributed by atoms with van der Waals surface area (Å²) in [6, 6.07) is 10.0. The van der Waals surface area contributed by atoms with E-state index in [1.807, 2.05) is 37.4 Å². The Morgan fingerprint density at radius 1 is 1.17 bits per heavy atom. The molecule has 1 aromatic heterocycles. The molecule has 0 atom stereocenters. The predicted molar refractivity (Wildman–Crippen MR) is 132 cm³/mol. The number of halogens is 1. The molecule has 6 nitrogen and oxygen atoms in total. The Morgan fingerprint density at radius 3 is 2.52 bits per heavy atom. The van der Waals surface area contributed by atoms with Crippen molar-refractivity contribution >= 4 is 41.3 Å². The second kappa shape index (κ2) is 12.3. The number of nitrogens with zero attached hydrogens (tertiary/aromatic N) is 4. The zero-order valence-corrected chi connectivity index (χ0v) is 20.7. The molecule has 29 heavy (non-hydrogen) atoms. The minimum absolute atomic E-state index is 0. The minimum Gasteiger partial charge on any atom is -0.492 e. The summed E-state index contributed by atoms with van der Waals surface area (Å²) in [6.45, 7) is 10.8. The van der Waals surface area contributed by atoms with Crippen molar-refractivity contribution in [2.45, 2.75) is 20.3 Å². The first kappa shape index (κ1) is 23.9. The van der Waals surface area contributed by atoms with Gasteiger partial charge in [0.05, 0.1) is 10.7 Å². The van der Waals surface area contributed by atoms with Crippen LogP contribution in [-0.2, 0) is 6.42 Å². The van der Waals surface area contributed by atoms with Gasteiger partial charge in [0.2, 0.25) is 0 Å². The fourth-order valence-corrected chi connectivity index (χ4v) is 4.35. The Balaban J connectivity index is 0.00000300. The number of hydrogen-bond acceptors (Lipinski definition) is 5. The van der Waals surface area contributed by atoms with Gasteiger partial charge in [-0.15, -0.1) is 35.3 Å². The fourth-order valence-electron chi connectivity index (χ4n) is 3.42. The van der Waals surface area contributed by atoms with Gasteiger partial charge in [-0.25, -0.2) is 4.98 Å².